The predicted octanol–water partition coefficient (Wildman–Crippen LogP) is 6.33. The van der Waals surface area contributed by atoms with Gasteiger partial charge in [0.1, 0.15) is 5.75 Å². The maximum atomic E-state index is 11.5. The van der Waals surface area contributed by atoms with Crippen molar-refractivity contribution < 1.29 is 14.6 Å². The summed E-state index contributed by atoms with van der Waals surface area (Å²) in [4.78, 5) is 13.8. The zero-order valence-electron chi connectivity index (χ0n) is 17.6. The number of nitrogens with zero attached hydrogens (tertiary/aromatic N) is 1. The van der Waals surface area contributed by atoms with E-state index in [0.29, 0.717) is 6.61 Å². The molecule has 0 saturated carbocycles. The molecule has 1 N–H and O–H groups in total. The van der Waals surface area contributed by atoms with Crippen LogP contribution in [0.3, 0.4) is 0 Å². The topological polar surface area (TPSA) is 49.8 Å². The molecule has 0 amide bonds. The molecular formula is C25H30ClNO3. The molecule has 1 atom stereocenters. The van der Waals surface area contributed by atoms with E-state index in [1.165, 1.54) is 11.1 Å². The van der Waals surface area contributed by atoms with E-state index in [2.05, 4.69) is 30.5 Å². The van der Waals surface area contributed by atoms with E-state index in [9.17, 15) is 9.90 Å². The summed E-state index contributed by atoms with van der Waals surface area (Å²) >= 11 is 6.27. The highest BCUT2D eigenvalue weighted by Crippen LogP contribution is 2.37. The van der Waals surface area contributed by atoms with Crippen LogP contribution in [-0.4, -0.2) is 30.8 Å². The van der Waals surface area contributed by atoms with Crippen LogP contribution in [0, 0.1) is 0 Å². The van der Waals surface area contributed by atoms with E-state index >= 15 is 0 Å². The van der Waals surface area contributed by atoms with Crippen LogP contribution in [0.1, 0.15) is 60.0 Å². The Kier molecular flexibility index (Phi) is 7.81. The van der Waals surface area contributed by atoms with Crippen molar-refractivity contribution in [3.63, 3.8) is 0 Å². The SMILES string of the molecule is C=CCCCCN1CC(c2ccc(Cl)cc2CCC)COc2ccc(C(=O)O)cc21. The van der Waals surface area contributed by atoms with Gasteiger partial charge in [-0.1, -0.05) is 37.1 Å². The van der Waals surface area contributed by atoms with Gasteiger partial charge in [0.25, 0.3) is 0 Å². The third-order valence-electron chi connectivity index (χ3n) is 5.58. The van der Waals surface area contributed by atoms with E-state index in [0.717, 1.165) is 61.7 Å². The second-order valence-electron chi connectivity index (χ2n) is 7.82. The van der Waals surface area contributed by atoms with Crippen LogP contribution in [0.5, 0.6) is 5.75 Å². The Morgan fingerprint density at radius 1 is 1.30 bits per heavy atom. The number of rotatable bonds is 9. The molecule has 160 valence electrons. The van der Waals surface area contributed by atoms with Crippen molar-refractivity contribution in [2.24, 2.45) is 0 Å². The summed E-state index contributed by atoms with van der Waals surface area (Å²) in [5.74, 6) is 0.00858. The largest absolute Gasteiger partial charge is 0.491 e. The van der Waals surface area contributed by atoms with E-state index in [1.807, 2.05) is 12.1 Å². The smallest absolute Gasteiger partial charge is 0.335 e. The van der Waals surface area contributed by atoms with Crippen molar-refractivity contribution in [3.05, 3.63) is 70.8 Å². The average molecular weight is 428 g/mol. The lowest BCUT2D eigenvalue weighted by Crippen LogP contribution is -2.30. The van der Waals surface area contributed by atoms with Gasteiger partial charge in [0.2, 0.25) is 0 Å². The van der Waals surface area contributed by atoms with Crippen LogP contribution >= 0.6 is 11.6 Å². The van der Waals surface area contributed by atoms with Crippen molar-refractivity contribution in [2.75, 3.05) is 24.6 Å². The van der Waals surface area contributed by atoms with Crippen molar-refractivity contribution in [2.45, 2.75) is 44.9 Å². The molecule has 1 aliphatic rings. The molecule has 1 unspecified atom stereocenters. The van der Waals surface area contributed by atoms with Crippen LogP contribution in [0.2, 0.25) is 5.02 Å². The minimum atomic E-state index is -0.923. The number of carbonyl (C=O) groups is 1. The number of anilines is 1. The zero-order valence-corrected chi connectivity index (χ0v) is 18.3. The molecular weight excluding hydrogens is 398 g/mol. The van der Waals surface area contributed by atoms with Gasteiger partial charge < -0.3 is 14.7 Å². The van der Waals surface area contributed by atoms with E-state index in [-0.39, 0.29) is 11.5 Å². The Morgan fingerprint density at radius 3 is 2.87 bits per heavy atom. The van der Waals surface area contributed by atoms with Gasteiger partial charge in [-0.25, -0.2) is 4.79 Å². The number of carboxylic acids is 1. The lowest BCUT2D eigenvalue weighted by Gasteiger charge is -2.28. The van der Waals surface area contributed by atoms with Crippen LogP contribution in [0.4, 0.5) is 5.69 Å². The Bertz CT molecular complexity index is 896. The van der Waals surface area contributed by atoms with Crippen molar-refractivity contribution in [3.8, 4) is 5.75 Å². The number of halogens is 1. The molecule has 2 aromatic rings. The molecule has 0 spiro atoms. The number of fused-ring (bicyclic) bond motifs is 1. The third kappa shape index (κ3) is 5.37. The first-order valence-electron chi connectivity index (χ1n) is 10.7. The number of benzene rings is 2. The van der Waals surface area contributed by atoms with Gasteiger partial charge in [-0.3, -0.25) is 0 Å². The van der Waals surface area contributed by atoms with Gasteiger partial charge in [-0.2, -0.15) is 0 Å². The maximum absolute atomic E-state index is 11.5. The predicted molar refractivity (Wildman–Crippen MR) is 123 cm³/mol. The number of ether oxygens (including phenoxy) is 1. The summed E-state index contributed by atoms with van der Waals surface area (Å²) in [6.07, 6.45) is 7.01. The molecule has 0 fully saturated rings. The Balaban J connectivity index is 1.93. The summed E-state index contributed by atoms with van der Waals surface area (Å²) in [5.41, 5.74) is 3.68. The summed E-state index contributed by atoms with van der Waals surface area (Å²) in [7, 11) is 0. The fourth-order valence-electron chi connectivity index (χ4n) is 4.08. The molecule has 0 bridgehead atoms. The number of carboxylic acid groups (broad SMARTS) is 1. The lowest BCUT2D eigenvalue weighted by atomic mass is 9.92. The van der Waals surface area contributed by atoms with E-state index in [4.69, 9.17) is 16.3 Å². The Hall–Kier alpha value is -2.46. The van der Waals surface area contributed by atoms with Crippen LogP contribution < -0.4 is 9.64 Å². The Morgan fingerprint density at radius 2 is 2.13 bits per heavy atom. The average Bonchev–Trinajstić information content (AvgIpc) is 2.91. The first-order valence-corrected chi connectivity index (χ1v) is 11.1. The van der Waals surface area contributed by atoms with Gasteiger partial charge in [-0.15, -0.1) is 6.58 Å². The van der Waals surface area contributed by atoms with Gasteiger partial charge in [0, 0.05) is 24.0 Å². The number of aryl methyl sites for hydroxylation is 1. The van der Waals surface area contributed by atoms with Crippen molar-refractivity contribution >= 4 is 23.3 Å². The molecule has 2 aromatic carbocycles. The number of hydrogen-bond donors (Lipinski definition) is 1. The second kappa shape index (κ2) is 10.5. The summed E-state index contributed by atoms with van der Waals surface area (Å²) in [5, 5.41) is 10.2. The standard InChI is InChI=1S/C25H30ClNO3/c1-3-5-6-7-13-27-16-20(22-11-10-21(26)14-18(22)8-4-2)17-30-24-12-9-19(25(28)29)15-23(24)27/h3,9-12,14-15,20H,1,4-8,13,16-17H2,2H3,(H,28,29). The lowest BCUT2D eigenvalue weighted by molar-refractivity contribution is 0.0697. The second-order valence-corrected chi connectivity index (χ2v) is 8.26. The number of unbranched alkanes of at least 4 members (excludes halogenated alkanes) is 2. The molecule has 1 heterocycles. The highest BCUT2D eigenvalue weighted by atomic mass is 35.5. The zero-order chi connectivity index (χ0) is 21.5. The maximum Gasteiger partial charge on any atom is 0.335 e. The molecule has 3 rings (SSSR count). The third-order valence-corrected chi connectivity index (χ3v) is 5.81. The highest BCUT2D eigenvalue weighted by molar-refractivity contribution is 6.30. The van der Waals surface area contributed by atoms with Gasteiger partial charge in [0.05, 0.1) is 17.9 Å². The van der Waals surface area contributed by atoms with E-state index in [1.54, 1.807) is 18.2 Å². The fourth-order valence-corrected chi connectivity index (χ4v) is 4.27. The summed E-state index contributed by atoms with van der Waals surface area (Å²) in [6, 6.07) is 11.3. The number of hydrogen-bond acceptors (Lipinski definition) is 3. The van der Waals surface area contributed by atoms with Crippen LogP contribution in [-0.2, 0) is 6.42 Å². The quantitative estimate of drug-likeness (QED) is 0.375. The molecule has 0 saturated heterocycles. The first-order chi connectivity index (χ1) is 14.5. The normalized spacial score (nSPS) is 15.8. The van der Waals surface area contributed by atoms with Crippen molar-refractivity contribution in [1.29, 1.82) is 0 Å². The minimum Gasteiger partial charge on any atom is -0.491 e. The molecule has 30 heavy (non-hydrogen) atoms. The fraction of sp³-hybridized carbons (Fsp3) is 0.400. The van der Waals surface area contributed by atoms with Gasteiger partial charge in [-0.05, 0) is 67.1 Å². The summed E-state index contributed by atoms with van der Waals surface area (Å²) in [6.45, 7) is 8.16. The molecule has 1 aliphatic heterocycles. The van der Waals surface area contributed by atoms with E-state index < -0.39 is 5.97 Å². The summed E-state index contributed by atoms with van der Waals surface area (Å²) < 4.78 is 6.19. The molecule has 0 radical (unpaired) electrons. The highest BCUT2D eigenvalue weighted by Gasteiger charge is 2.26. The first kappa shape index (κ1) is 22.2. The molecule has 5 heteroatoms. The molecule has 0 aliphatic carbocycles. The number of aromatic carboxylic acids is 1. The molecule has 0 aromatic heterocycles. The van der Waals surface area contributed by atoms with Gasteiger partial charge >= 0.3 is 5.97 Å². The minimum absolute atomic E-state index is 0.184. The van der Waals surface area contributed by atoms with Crippen molar-refractivity contribution in [1.82, 2.24) is 0 Å². The monoisotopic (exact) mass is 427 g/mol. The van der Waals surface area contributed by atoms with Gasteiger partial charge in [0.15, 0.2) is 0 Å². The Labute approximate surface area is 184 Å². The molecule has 4 nitrogen and oxygen atoms in total. The van der Waals surface area contributed by atoms with Crippen LogP contribution in [0.15, 0.2) is 49.1 Å². The number of allylic oxidation sites excluding steroid dienone is 1. The van der Waals surface area contributed by atoms with Crippen LogP contribution in [0.25, 0.3) is 0 Å².